The van der Waals surface area contributed by atoms with E-state index in [9.17, 15) is 24.0 Å². The van der Waals surface area contributed by atoms with Gasteiger partial charge in [-0.05, 0) is 42.9 Å². The molecule has 0 aromatic carbocycles. The van der Waals surface area contributed by atoms with E-state index in [1.807, 2.05) is 41.5 Å². The van der Waals surface area contributed by atoms with Crippen LogP contribution in [0.15, 0.2) is 0 Å². The highest BCUT2D eigenvalue weighted by atomic mass is 16.6. The van der Waals surface area contributed by atoms with Crippen LogP contribution in [0.5, 0.6) is 0 Å². The second kappa shape index (κ2) is 9.92. The maximum absolute atomic E-state index is 13.7. The number of amides is 4. The molecule has 5 atom stereocenters. The number of hydrogen-bond acceptors (Lipinski definition) is 6. The van der Waals surface area contributed by atoms with Gasteiger partial charge in [0.15, 0.2) is 0 Å². The third-order valence-corrected chi connectivity index (χ3v) is 6.93. The van der Waals surface area contributed by atoms with Crippen LogP contribution < -0.4 is 16.4 Å². The molecule has 10 heteroatoms. The standard InChI is InChI=1S/C24H40N4O6/c1-9-10-14(17(29)19(25)30)26-20(31)16-15-13(24(15,7)8)11-28(16)21(32)18(23(4,5)6)27-22(33)34-12(2)3/h12-16,18H,9-11H2,1-8H3,(H2,25,30)(H,26,31)(H,27,33)/t13?,14?,15-,16+,18-/m1/s1. The lowest BCUT2D eigenvalue weighted by atomic mass is 9.85. The van der Waals surface area contributed by atoms with Gasteiger partial charge in [-0.2, -0.15) is 0 Å². The Bertz CT molecular complexity index is 847. The molecule has 2 fully saturated rings. The zero-order valence-corrected chi connectivity index (χ0v) is 21.6. The summed E-state index contributed by atoms with van der Waals surface area (Å²) in [5.41, 5.74) is 4.37. The van der Waals surface area contributed by atoms with Gasteiger partial charge in [0.2, 0.25) is 17.6 Å². The van der Waals surface area contributed by atoms with Crippen molar-refractivity contribution in [1.82, 2.24) is 15.5 Å². The van der Waals surface area contributed by atoms with Gasteiger partial charge in [-0.3, -0.25) is 19.2 Å². The molecule has 2 aliphatic rings. The molecule has 0 aromatic rings. The Morgan fingerprint density at radius 2 is 1.71 bits per heavy atom. The van der Waals surface area contributed by atoms with E-state index in [1.54, 1.807) is 13.8 Å². The normalized spacial score (nSPS) is 24.6. The van der Waals surface area contributed by atoms with Gasteiger partial charge in [-0.1, -0.05) is 48.0 Å². The van der Waals surface area contributed by atoms with E-state index < -0.39 is 47.2 Å². The number of ketones is 1. The van der Waals surface area contributed by atoms with Crippen LogP contribution >= 0.6 is 0 Å². The Morgan fingerprint density at radius 1 is 1.12 bits per heavy atom. The minimum atomic E-state index is -1.11. The van der Waals surface area contributed by atoms with Gasteiger partial charge < -0.3 is 26.0 Å². The van der Waals surface area contributed by atoms with Gasteiger partial charge in [0.25, 0.3) is 5.91 Å². The lowest BCUT2D eigenvalue weighted by Gasteiger charge is -2.37. The number of primary amides is 1. The Morgan fingerprint density at radius 3 is 2.18 bits per heavy atom. The van der Waals surface area contributed by atoms with E-state index in [0.717, 1.165) is 0 Å². The molecule has 0 radical (unpaired) electrons. The van der Waals surface area contributed by atoms with E-state index in [4.69, 9.17) is 10.5 Å². The second-order valence-electron chi connectivity index (χ2n) is 11.4. The van der Waals surface area contributed by atoms with Crippen molar-refractivity contribution < 1.29 is 28.7 Å². The van der Waals surface area contributed by atoms with Crippen molar-refractivity contribution in [2.24, 2.45) is 28.4 Å². The van der Waals surface area contributed by atoms with Crippen LogP contribution in [0.25, 0.3) is 0 Å². The Balaban J connectivity index is 2.31. The molecule has 1 aliphatic heterocycles. The molecule has 1 saturated heterocycles. The first-order valence-corrected chi connectivity index (χ1v) is 12.0. The van der Waals surface area contributed by atoms with Crippen LogP contribution in [0.2, 0.25) is 0 Å². The number of alkyl carbamates (subject to hydrolysis) is 1. The highest BCUT2D eigenvalue weighted by Gasteiger charge is 2.69. The predicted octanol–water partition coefficient (Wildman–Crippen LogP) is 1.36. The van der Waals surface area contributed by atoms with Crippen molar-refractivity contribution in [3.63, 3.8) is 0 Å². The highest BCUT2D eigenvalue weighted by Crippen LogP contribution is 2.65. The summed E-state index contributed by atoms with van der Waals surface area (Å²) >= 11 is 0. The summed E-state index contributed by atoms with van der Waals surface area (Å²) in [6, 6.07) is -2.78. The average molecular weight is 481 g/mol. The first-order chi connectivity index (χ1) is 15.5. The topological polar surface area (TPSA) is 148 Å². The summed E-state index contributed by atoms with van der Waals surface area (Å²) in [6.45, 7) is 15.2. The maximum Gasteiger partial charge on any atom is 0.408 e. The van der Waals surface area contributed by atoms with Crippen LogP contribution in [0, 0.1) is 22.7 Å². The Labute approximate surface area is 201 Å². The molecule has 4 N–H and O–H groups in total. The van der Waals surface area contributed by atoms with Crippen molar-refractivity contribution in [2.75, 3.05) is 6.54 Å². The molecular formula is C24H40N4O6. The van der Waals surface area contributed by atoms with Crippen molar-refractivity contribution >= 4 is 29.6 Å². The first kappa shape index (κ1) is 27.6. The number of nitrogens with one attached hydrogen (secondary N) is 2. The fourth-order valence-electron chi connectivity index (χ4n) is 4.98. The molecule has 10 nitrogen and oxygen atoms in total. The van der Waals surface area contributed by atoms with Gasteiger partial charge in [0.05, 0.1) is 12.1 Å². The van der Waals surface area contributed by atoms with E-state index in [1.165, 1.54) is 4.90 Å². The largest absolute Gasteiger partial charge is 0.447 e. The molecule has 1 saturated carbocycles. The van der Waals surface area contributed by atoms with E-state index in [2.05, 4.69) is 10.6 Å². The van der Waals surface area contributed by atoms with Crippen LogP contribution in [0.1, 0.15) is 68.2 Å². The molecule has 1 aliphatic carbocycles. The zero-order valence-electron chi connectivity index (χ0n) is 21.6. The SMILES string of the molecule is CCCC(NC(=O)[C@@H]1[C@H]2C(CN1C(=O)[C@@H](NC(=O)OC(C)C)C(C)(C)C)C2(C)C)C(=O)C(N)=O. The highest BCUT2D eigenvalue weighted by molar-refractivity contribution is 6.37. The Hall–Kier alpha value is -2.65. The maximum atomic E-state index is 13.7. The van der Waals surface area contributed by atoms with Crippen LogP contribution in [-0.4, -0.2) is 65.3 Å². The summed E-state index contributed by atoms with van der Waals surface area (Å²) in [5, 5.41) is 5.34. The monoisotopic (exact) mass is 480 g/mol. The summed E-state index contributed by atoms with van der Waals surface area (Å²) in [5.74, 6) is -2.81. The molecule has 192 valence electrons. The smallest absolute Gasteiger partial charge is 0.408 e. The molecule has 34 heavy (non-hydrogen) atoms. The third kappa shape index (κ3) is 5.70. The fraction of sp³-hybridized carbons (Fsp3) is 0.792. The third-order valence-electron chi connectivity index (χ3n) is 6.93. The number of carbonyl (C=O) groups excluding carboxylic acids is 5. The summed E-state index contributed by atoms with van der Waals surface area (Å²) in [4.78, 5) is 64.6. The summed E-state index contributed by atoms with van der Waals surface area (Å²) < 4.78 is 5.17. The predicted molar refractivity (Wildman–Crippen MR) is 125 cm³/mol. The number of ether oxygens (including phenoxy) is 1. The number of carbonyl (C=O) groups is 5. The van der Waals surface area contributed by atoms with Crippen molar-refractivity contribution in [2.45, 2.75) is 92.5 Å². The van der Waals surface area contributed by atoms with Gasteiger partial charge in [0, 0.05) is 6.54 Å². The lowest BCUT2D eigenvalue weighted by Crippen LogP contribution is -2.60. The van der Waals surface area contributed by atoms with Crippen molar-refractivity contribution in [3.8, 4) is 0 Å². The molecule has 4 amide bonds. The minimum absolute atomic E-state index is 0.0920. The number of nitrogens with two attached hydrogens (primary N) is 1. The minimum Gasteiger partial charge on any atom is -0.447 e. The molecule has 0 aromatic heterocycles. The van der Waals surface area contributed by atoms with Crippen molar-refractivity contribution in [3.05, 3.63) is 0 Å². The molecule has 2 rings (SSSR count). The number of nitrogens with zero attached hydrogens (tertiary/aromatic N) is 1. The molecule has 0 bridgehead atoms. The molecule has 1 heterocycles. The first-order valence-electron chi connectivity index (χ1n) is 12.0. The van der Waals surface area contributed by atoms with Gasteiger partial charge >= 0.3 is 6.09 Å². The van der Waals surface area contributed by atoms with Gasteiger partial charge in [-0.25, -0.2) is 4.79 Å². The molecular weight excluding hydrogens is 440 g/mol. The van der Waals surface area contributed by atoms with Gasteiger partial charge in [-0.15, -0.1) is 0 Å². The number of piperidine rings is 1. The number of fused-ring (bicyclic) bond motifs is 1. The van der Waals surface area contributed by atoms with Crippen LogP contribution in [0.3, 0.4) is 0 Å². The number of Topliss-reactive ketones (excluding diaryl/α,β-unsaturated/α-hetero) is 1. The van der Waals surface area contributed by atoms with Crippen LogP contribution in [-0.2, 0) is 23.9 Å². The number of hydrogen-bond donors (Lipinski definition) is 3. The number of rotatable bonds is 9. The second-order valence-corrected chi connectivity index (χ2v) is 11.4. The van der Waals surface area contributed by atoms with E-state index in [0.29, 0.717) is 13.0 Å². The molecule has 0 spiro atoms. The summed E-state index contributed by atoms with van der Waals surface area (Å²) in [7, 11) is 0. The summed E-state index contributed by atoms with van der Waals surface area (Å²) in [6.07, 6.45) is -0.237. The Kier molecular flexibility index (Phi) is 8.05. The van der Waals surface area contributed by atoms with E-state index in [-0.39, 0.29) is 35.7 Å². The quantitative estimate of drug-likeness (QED) is 0.424. The zero-order chi connectivity index (χ0) is 26.2. The number of likely N-dealkylation sites (tertiary alicyclic amines) is 1. The molecule has 2 unspecified atom stereocenters. The van der Waals surface area contributed by atoms with Gasteiger partial charge in [0.1, 0.15) is 12.1 Å². The lowest BCUT2D eigenvalue weighted by molar-refractivity contribution is -0.145. The fourth-order valence-corrected chi connectivity index (χ4v) is 4.98. The average Bonchev–Trinajstić information content (AvgIpc) is 3.04. The van der Waals surface area contributed by atoms with Crippen molar-refractivity contribution in [1.29, 1.82) is 0 Å². The van der Waals surface area contributed by atoms with E-state index >= 15 is 0 Å². The van der Waals surface area contributed by atoms with Crippen LogP contribution in [0.4, 0.5) is 4.79 Å².